The standard InChI is InChI=1S/C13H14N4OS2/c1-8-9(2)20-11-10(8)12(18)17(13(19)15-11)7-6-16-5-3-4-14-16/h3-5H,6-7H2,1-2H3,(H,15,19). The van der Waals surface area contributed by atoms with Crippen LogP contribution in [0.4, 0.5) is 0 Å². The highest BCUT2D eigenvalue weighted by Crippen LogP contribution is 2.25. The maximum atomic E-state index is 12.6. The molecule has 0 aliphatic carbocycles. The zero-order valence-electron chi connectivity index (χ0n) is 11.2. The van der Waals surface area contributed by atoms with Gasteiger partial charge in [-0.3, -0.25) is 14.0 Å². The molecule has 0 aliphatic rings. The first-order valence-corrected chi connectivity index (χ1v) is 7.50. The highest BCUT2D eigenvalue weighted by Gasteiger charge is 2.12. The summed E-state index contributed by atoms with van der Waals surface area (Å²) in [6.45, 7) is 5.13. The zero-order valence-corrected chi connectivity index (χ0v) is 12.8. The van der Waals surface area contributed by atoms with E-state index in [1.54, 1.807) is 26.8 Å². The van der Waals surface area contributed by atoms with E-state index in [4.69, 9.17) is 12.2 Å². The van der Waals surface area contributed by atoms with Gasteiger partial charge in [0.15, 0.2) is 4.77 Å². The second kappa shape index (κ2) is 4.99. The van der Waals surface area contributed by atoms with Crippen molar-refractivity contribution in [3.05, 3.63) is 44.0 Å². The van der Waals surface area contributed by atoms with Gasteiger partial charge in [-0.25, -0.2) is 0 Å². The lowest BCUT2D eigenvalue weighted by Crippen LogP contribution is -2.24. The first kappa shape index (κ1) is 13.3. The molecule has 3 aromatic heterocycles. The average Bonchev–Trinajstić information content (AvgIpc) is 2.99. The number of fused-ring (bicyclic) bond motifs is 1. The van der Waals surface area contributed by atoms with Crippen molar-refractivity contribution in [2.75, 3.05) is 0 Å². The molecule has 3 heterocycles. The maximum Gasteiger partial charge on any atom is 0.263 e. The molecule has 5 nitrogen and oxygen atoms in total. The van der Waals surface area contributed by atoms with Gasteiger partial charge < -0.3 is 4.98 Å². The summed E-state index contributed by atoms with van der Waals surface area (Å²) in [7, 11) is 0. The van der Waals surface area contributed by atoms with Gasteiger partial charge in [-0.2, -0.15) is 5.10 Å². The van der Waals surface area contributed by atoms with Crippen molar-refractivity contribution in [3.8, 4) is 0 Å². The Morgan fingerprint density at radius 3 is 2.90 bits per heavy atom. The molecule has 0 aliphatic heterocycles. The van der Waals surface area contributed by atoms with Crippen LogP contribution in [0.1, 0.15) is 10.4 Å². The number of rotatable bonds is 3. The second-order valence-electron chi connectivity index (χ2n) is 4.64. The third-order valence-corrected chi connectivity index (χ3v) is 4.87. The summed E-state index contributed by atoms with van der Waals surface area (Å²) in [5, 5.41) is 4.89. The Morgan fingerprint density at radius 2 is 2.20 bits per heavy atom. The monoisotopic (exact) mass is 306 g/mol. The van der Waals surface area contributed by atoms with Crippen LogP contribution in [0.3, 0.4) is 0 Å². The average molecular weight is 306 g/mol. The topological polar surface area (TPSA) is 55.6 Å². The van der Waals surface area contributed by atoms with Gasteiger partial charge in [-0.1, -0.05) is 0 Å². The minimum Gasteiger partial charge on any atom is -0.323 e. The van der Waals surface area contributed by atoms with Crippen LogP contribution in [0.2, 0.25) is 0 Å². The third kappa shape index (κ3) is 2.12. The van der Waals surface area contributed by atoms with E-state index in [0.717, 1.165) is 20.7 Å². The van der Waals surface area contributed by atoms with E-state index in [-0.39, 0.29) is 5.56 Å². The number of nitrogens with one attached hydrogen (secondary N) is 1. The number of H-pyrrole nitrogens is 1. The minimum absolute atomic E-state index is 0.0160. The van der Waals surface area contributed by atoms with Crippen LogP contribution in [-0.4, -0.2) is 19.3 Å². The van der Waals surface area contributed by atoms with Crippen molar-refractivity contribution in [1.82, 2.24) is 19.3 Å². The van der Waals surface area contributed by atoms with Crippen LogP contribution in [0, 0.1) is 18.6 Å². The summed E-state index contributed by atoms with van der Waals surface area (Å²) in [5.41, 5.74) is 1.02. The van der Waals surface area contributed by atoms with E-state index >= 15 is 0 Å². The summed E-state index contributed by atoms with van der Waals surface area (Å²) in [4.78, 5) is 17.8. The number of hydrogen-bond donors (Lipinski definition) is 1. The van der Waals surface area contributed by atoms with E-state index in [1.165, 1.54) is 0 Å². The van der Waals surface area contributed by atoms with Gasteiger partial charge in [-0.15, -0.1) is 11.3 Å². The number of aromatic amines is 1. The second-order valence-corrected chi connectivity index (χ2v) is 6.25. The van der Waals surface area contributed by atoms with Crippen molar-refractivity contribution in [2.45, 2.75) is 26.9 Å². The molecule has 0 radical (unpaired) electrons. The van der Waals surface area contributed by atoms with Crippen LogP contribution < -0.4 is 5.56 Å². The number of aromatic nitrogens is 4. The van der Waals surface area contributed by atoms with Crippen LogP contribution in [-0.2, 0) is 13.1 Å². The van der Waals surface area contributed by atoms with Crippen LogP contribution in [0.15, 0.2) is 23.3 Å². The third-order valence-electron chi connectivity index (χ3n) is 3.42. The van der Waals surface area contributed by atoms with E-state index in [9.17, 15) is 4.79 Å². The van der Waals surface area contributed by atoms with Crippen LogP contribution >= 0.6 is 23.6 Å². The SMILES string of the molecule is Cc1sc2[nH]c(=S)n(CCn3cccn3)c(=O)c2c1C. The maximum absolute atomic E-state index is 12.6. The van der Waals surface area contributed by atoms with Gasteiger partial charge in [0.1, 0.15) is 4.83 Å². The van der Waals surface area contributed by atoms with Crippen molar-refractivity contribution in [3.63, 3.8) is 0 Å². The molecule has 7 heteroatoms. The minimum atomic E-state index is -0.0160. The lowest BCUT2D eigenvalue weighted by molar-refractivity contribution is 0.517. The normalized spacial score (nSPS) is 11.3. The quantitative estimate of drug-likeness (QED) is 0.757. The fourth-order valence-electron chi connectivity index (χ4n) is 2.20. The molecule has 3 rings (SSSR count). The van der Waals surface area contributed by atoms with Gasteiger partial charge in [0.05, 0.1) is 11.9 Å². The van der Waals surface area contributed by atoms with Gasteiger partial charge in [0.25, 0.3) is 5.56 Å². The summed E-state index contributed by atoms with van der Waals surface area (Å²) in [5.74, 6) is 0. The number of thiophene rings is 1. The summed E-state index contributed by atoms with van der Waals surface area (Å²) >= 11 is 6.88. The molecule has 0 spiro atoms. The lowest BCUT2D eigenvalue weighted by Gasteiger charge is -2.07. The molecule has 0 saturated carbocycles. The van der Waals surface area contributed by atoms with Gasteiger partial charge >= 0.3 is 0 Å². The Morgan fingerprint density at radius 1 is 1.40 bits per heavy atom. The Hall–Kier alpha value is -1.73. The van der Waals surface area contributed by atoms with Crippen molar-refractivity contribution in [1.29, 1.82) is 0 Å². The number of aryl methyl sites for hydroxylation is 3. The first-order valence-electron chi connectivity index (χ1n) is 6.28. The van der Waals surface area contributed by atoms with Crippen LogP contribution in [0.25, 0.3) is 10.2 Å². The Bertz CT molecular complexity index is 870. The first-order chi connectivity index (χ1) is 9.58. The smallest absolute Gasteiger partial charge is 0.263 e. The zero-order chi connectivity index (χ0) is 14.3. The van der Waals surface area contributed by atoms with Crippen LogP contribution in [0.5, 0.6) is 0 Å². The molecule has 0 fully saturated rings. The van der Waals surface area contributed by atoms with Crippen molar-refractivity contribution in [2.24, 2.45) is 0 Å². The predicted molar refractivity (Wildman–Crippen MR) is 83.0 cm³/mol. The van der Waals surface area contributed by atoms with E-state index in [0.29, 0.717) is 17.9 Å². The Balaban J connectivity index is 2.09. The number of nitrogens with zero attached hydrogens (tertiary/aromatic N) is 3. The summed E-state index contributed by atoms with van der Waals surface area (Å²) in [6.07, 6.45) is 3.59. The van der Waals surface area contributed by atoms with E-state index in [2.05, 4.69) is 10.1 Å². The lowest BCUT2D eigenvalue weighted by atomic mass is 10.2. The predicted octanol–water partition coefficient (Wildman–Crippen LogP) is 2.63. The molecule has 0 unspecified atom stereocenters. The fourth-order valence-corrected chi connectivity index (χ4v) is 3.59. The molecular weight excluding hydrogens is 292 g/mol. The molecule has 0 amide bonds. The van der Waals surface area contributed by atoms with Gasteiger partial charge in [0.2, 0.25) is 0 Å². The van der Waals surface area contributed by atoms with Crippen molar-refractivity contribution >= 4 is 33.8 Å². The molecule has 1 N–H and O–H groups in total. The van der Waals surface area contributed by atoms with Gasteiger partial charge in [0, 0.05) is 23.8 Å². The summed E-state index contributed by atoms with van der Waals surface area (Å²) < 4.78 is 3.87. The molecule has 0 aromatic carbocycles. The Kier molecular flexibility index (Phi) is 3.31. The fraction of sp³-hybridized carbons (Fsp3) is 0.308. The molecular formula is C13H14N4OS2. The molecule has 0 atom stereocenters. The molecule has 3 aromatic rings. The van der Waals surface area contributed by atoms with E-state index in [1.807, 2.05) is 26.1 Å². The summed E-state index contributed by atoms with van der Waals surface area (Å²) in [6, 6.07) is 1.86. The molecule has 20 heavy (non-hydrogen) atoms. The van der Waals surface area contributed by atoms with E-state index < -0.39 is 0 Å². The molecule has 0 saturated heterocycles. The highest BCUT2D eigenvalue weighted by molar-refractivity contribution is 7.71. The molecule has 0 bridgehead atoms. The Labute approximate surface area is 124 Å². The van der Waals surface area contributed by atoms with Crippen molar-refractivity contribution < 1.29 is 0 Å². The molecule has 104 valence electrons. The number of hydrogen-bond acceptors (Lipinski definition) is 4. The van der Waals surface area contributed by atoms with Gasteiger partial charge in [-0.05, 0) is 37.7 Å². The highest BCUT2D eigenvalue weighted by atomic mass is 32.1. The largest absolute Gasteiger partial charge is 0.323 e.